The van der Waals surface area contributed by atoms with Gasteiger partial charge >= 0.3 is 0 Å². The summed E-state index contributed by atoms with van der Waals surface area (Å²) in [5.41, 5.74) is 1.95. The highest BCUT2D eigenvalue weighted by Gasteiger charge is 2.06. The van der Waals surface area contributed by atoms with Crippen molar-refractivity contribution < 1.29 is 14.6 Å². The Kier molecular flexibility index (Phi) is 6.64. The third kappa shape index (κ3) is 4.27. The minimum absolute atomic E-state index is 0.0355. The Morgan fingerprint density at radius 2 is 1.62 bits per heavy atom. The predicted molar refractivity (Wildman–Crippen MR) is 98.5 cm³/mol. The molecule has 0 saturated heterocycles. The van der Waals surface area contributed by atoms with E-state index in [2.05, 4.69) is 0 Å². The first-order valence-electron chi connectivity index (χ1n) is 8.18. The molecule has 0 aliphatic carbocycles. The highest BCUT2D eigenvalue weighted by atomic mass is 16.5. The molecule has 24 heavy (non-hydrogen) atoms. The summed E-state index contributed by atoms with van der Waals surface area (Å²) >= 11 is 0. The van der Waals surface area contributed by atoms with E-state index in [0.29, 0.717) is 6.61 Å². The fourth-order valence-electron chi connectivity index (χ4n) is 2.47. The molecule has 0 unspecified atom stereocenters. The quantitative estimate of drug-likeness (QED) is 0.722. The van der Waals surface area contributed by atoms with Gasteiger partial charge in [-0.05, 0) is 46.2 Å². The van der Waals surface area contributed by atoms with E-state index in [1.165, 1.54) is 0 Å². The lowest BCUT2D eigenvalue weighted by molar-refractivity contribution is 0.279. The van der Waals surface area contributed by atoms with Crippen LogP contribution in [-0.4, -0.2) is 12.2 Å². The summed E-state index contributed by atoms with van der Waals surface area (Å²) in [5, 5.41) is 11.6. The van der Waals surface area contributed by atoms with Crippen molar-refractivity contribution in [3.63, 3.8) is 0 Å². The van der Waals surface area contributed by atoms with Crippen molar-refractivity contribution >= 4 is 10.8 Å². The van der Waals surface area contributed by atoms with Crippen molar-refractivity contribution in [1.82, 2.24) is 0 Å². The summed E-state index contributed by atoms with van der Waals surface area (Å²) in [6.07, 6.45) is 0. The van der Waals surface area contributed by atoms with Crippen LogP contribution in [0.5, 0.6) is 11.5 Å². The van der Waals surface area contributed by atoms with Crippen LogP contribution in [0.4, 0.5) is 0 Å². The number of hydrogen-bond donors (Lipinski definition) is 1. The third-order valence-corrected chi connectivity index (χ3v) is 3.64. The third-order valence-electron chi connectivity index (χ3n) is 3.64. The Morgan fingerprint density at radius 1 is 0.875 bits per heavy atom. The van der Waals surface area contributed by atoms with Crippen molar-refractivity contribution in [2.75, 3.05) is 7.11 Å². The molecule has 0 fully saturated rings. The van der Waals surface area contributed by atoms with Crippen LogP contribution in [0.2, 0.25) is 0 Å². The van der Waals surface area contributed by atoms with Crippen LogP contribution in [-0.2, 0) is 13.2 Å². The molecule has 0 radical (unpaired) electrons. The van der Waals surface area contributed by atoms with Crippen molar-refractivity contribution in [1.29, 1.82) is 0 Å². The molecule has 3 aromatic carbocycles. The molecular weight excluding hydrogens is 300 g/mol. The topological polar surface area (TPSA) is 38.7 Å². The monoisotopic (exact) mass is 324 g/mol. The van der Waals surface area contributed by atoms with Gasteiger partial charge in [-0.2, -0.15) is 0 Å². The zero-order valence-corrected chi connectivity index (χ0v) is 14.5. The molecule has 126 valence electrons. The van der Waals surface area contributed by atoms with E-state index < -0.39 is 0 Å². The van der Waals surface area contributed by atoms with E-state index >= 15 is 0 Å². The van der Waals surface area contributed by atoms with E-state index in [4.69, 9.17) is 9.47 Å². The number of methoxy groups -OCH3 is 1. The van der Waals surface area contributed by atoms with Gasteiger partial charge in [-0.15, -0.1) is 0 Å². The molecule has 3 nitrogen and oxygen atoms in total. The maximum atomic E-state index is 9.61. The molecular formula is C21H24O3. The molecule has 3 heteroatoms. The second kappa shape index (κ2) is 8.94. The highest BCUT2D eigenvalue weighted by Crippen LogP contribution is 2.29. The lowest BCUT2D eigenvalue weighted by Crippen LogP contribution is -1.97. The molecule has 0 aliphatic heterocycles. The number of aliphatic hydroxyl groups is 1. The normalized spacial score (nSPS) is 10.0. The van der Waals surface area contributed by atoms with Gasteiger partial charge in [0, 0.05) is 0 Å². The zero-order valence-electron chi connectivity index (χ0n) is 14.5. The van der Waals surface area contributed by atoms with Crippen molar-refractivity contribution in [2.24, 2.45) is 0 Å². The first kappa shape index (κ1) is 17.8. The van der Waals surface area contributed by atoms with E-state index in [1.807, 2.05) is 74.5 Å². The molecule has 0 heterocycles. The molecule has 0 amide bonds. The van der Waals surface area contributed by atoms with Gasteiger partial charge in [-0.3, -0.25) is 0 Å². The van der Waals surface area contributed by atoms with E-state index in [1.54, 1.807) is 7.11 Å². The van der Waals surface area contributed by atoms with E-state index in [0.717, 1.165) is 33.4 Å². The van der Waals surface area contributed by atoms with Gasteiger partial charge in [0.2, 0.25) is 0 Å². The van der Waals surface area contributed by atoms with Gasteiger partial charge in [0.1, 0.15) is 18.1 Å². The molecule has 3 rings (SSSR count). The summed E-state index contributed by atoms with van der Waals surface area (Å²) in [6.45, 7) is 4.47. The van der Waals surface area contributed by atoms with Crippen LogP contribution in [0.15, 0.2) is 60.7 Å². The van der Waals surface area contributed by atoms with Gasteiger partial charge in [0.15, 0.2) is 0 Å². The Morgan fingerprint density at radius 3 is 2.29 bits per heavy atom. The van der Waals surface area contributed by atoms with Crippen molar-refractivity contribution in [3.8, 4) is 11.5 Å². The van der Waals surface area contributed by atoms with Gasteiger partial charge in [-0.25, -0.2) is 0 Å². The highest BCUT2D eigenvalue weighted by molar-refractivity contribution is 5.88. The van der Waals surface area contributed by atoms with Crippen LogP contribution in [0.1, 0.15) is 25.0 Å². The number of aliphatic hydroxyl groups excluding tert-OH is 1. The largest absolute Gasteiger partial charge is 0.497 e. The summed E-state index contributed by atoms with van der Waals surface area (Å²) in [6, 6.07) is 19.7. The van der Waals surface area contributed by atoms with Crippen LogP contribution in [0, 0.1) is 0 Å². The first-order valence-corrected chi connectivity index (χ1v) is 8.18. The summed E-state index contributed by atoms with van der Waals surface area (Å²) in [5.74, 6) is 1.53. The molecule has 3 aromatic rings. The van der Waals surface area contributed by atoms with Gasteiger partial charge in [0.25, 0.3) is 0 Å². The Bertz CT molecular complexity index is 767. The summed E-state index contributed by atoms with van der Waals surface area (Å²) in [7, 11) is 1.64. The summed E-state index contributed by atoms with van der Waals surface area (Å²) < 4.78 is 11.1. The molecule has 1 N–H and O–H groups in total. The zero-order chi connectivity index (χ0) is 17.4. The number of rotatable bonds is 5. The number of benzene rings is 3. The first-order chi connectivity index (χ1) is 11.8. The molecule has 0 aliphatic rings. The average Bonchev–Trinajstić information content (AvgIpc) is 2.67. The lowest BCUT2D eigenvalue weighted by Gasteiger charge is -2.11. The van der Waals surface area contributed by atoms with Gasteiger partial charge < -0.3 is 14.6 Å². The molecule has 0 bridgehead atoms. The van der Waals surface area contributed by atoms with E-state index in [-0.39, 0.29) is 6.61 Å². The molecule has 0 atom stereocenters. The lowest BCUT2D eigenvalue weighted by atomic mass is 10.0. The maximum absolute atomic E-state index is 9.61. The van der Waals surface area contributed by atoms with Crippen LogP contribution in [0.3, 0.4) is 0 Å². The van der Waals surface area contributed by atoms with Crippen LogP contribution in [0.25, 0.3) is 10.8 Å². The second-order valence-electron chi connectivity index (χ2n) is 5.10. The van der Waals surface area contributed by atoms with Crippen LogP contribution >= 0.6 is 0 Å². The molecule has 0 spiro atoms. The van der Waals surface area contributed by atoms with Crippen molar-refractivity contribution in [3.05, 3.63) is 71.8 Å². The molecule has 0 aromatic heterocycles. The SMILES string of the molecule is CC.COc1ccc2cc(OCc3ccccc3)cc(CO)c2c1. The smallest absolute Gasteiger partial charge is 0.120 e. The summed E-state index contributed by atoms with van der Waals surface area (Å²) in [4.78, 5) is 0. The van der Waals surface area contributed by atoms with Gasteiger partial charge in [0.05, 0.1) is 13.7 Å². The predicted octanol–water partition coefficient (Wildman–Crippen LogP) is 4.95. The number of ether oxygens (including phenoxy) is 2. The Labute approximate surface area is 143 Å². The van der Waals surface area contributed by atoms with Crippen LogP contribution < -0.4 is 9.47 Å². The molecule has 0 saturated carbocycles. The van der Waals surface area contributed by atoms with Crippen molar-refractivity contribution in [2.45, 2.75) is 27.1 Å². The second-order valence-corrected chi connectivity index (χ2v) is 5.10. The van der Waals surface area contributed by atoms with Gasteiger partial charge in [-0.1, -0.05) is 50.2 Å². The van der Waals surface area contributed by atoms with E-state index in [9.17, 15) is 5.11 Å². The maximum Gasteiger partial charge on any atom is 0.120 e. The number of hydrogen-bond acceptors (Lipinski definition) is 3. The average molecular weight is 324 g/mol. The Balaban J connectivity index is 0.00000100. The fourth-order valence-corrected chi connectivity index (χ4v) is 2.47. The standard InChI is InChI=1S/C19H18O3.C2H6/c1-21-17-8-7-15-9-18(10-16(12-20)19(15)11-17)22-13-14-5-3-2-4-6-14;1-2/h2-11,20H,12-13H2,1H3;1-2H3. The fraction of sp³-hybridized carbons (Fsp3) is 0.238. The minimum Gasteiger partial charge on any atom is -0.497 e. The number of fused-ring (bicyclic) bond motifs is 1. The minimum atomic E-state index is -0.0355. The Hall–Kier alpha value is -2.52.